The zero-order valence-electron chi connectivity index (χ0n) is 18.3. The van der Waals surface area contributed by atoms with E-state index < -0.39 is 41.1 Å². The van der Waals surface area contributed by atoms with E-state index in [9.17, 15) is 28.3 Å². The van der Waals surface area contributed by atoms with Crippen LogP contribution < -0.4 is 4.90 Å². The highest BCUT2D eigenvalue weighted by Crippen LogP contribution is 2.44. The topological polar surface area (TPSA) is 96.8 Å². The fraction of sp³-hybridized carbons (Fsp3) is 0.167. The molecule has 7 nitrogen and oxygen atoms in total. The number of benzene rings is 2. The number of amides is 1. The maximum Gasteiger partial charge on any atom is 0.350 e. The normalized spacial score (nSPS) is 17.3. The van der Waals surface area contributed by atoms with Crippen molar-refractivity contribution in [2.75, 3.05) is 12.0 Å². The van der Waals surface area contributed by atoms with Crippen LogP contribution in [0.25, 0.3) is 5.76 Å². The van der Waals surface area contributed by atoms with Crippen LogP contribution in [0, 0.1) is 25.5 Å². The fourth-order valence-corrected chi connectivity index (χ4v) is 4.67. The minimum absolute atomic E-state index is 0.00113. The lowest BCUT2D eigenvalue weighted by Crippen LogP contribution is -2.29. The summed E-state index contributed by atoms with van der Waals surface area (Å²) in [5.41, 5.74) is 0.612. The molecule has 1 atom stereocenters. The largest absolute Gasteiger partial charge is 0.507 e. The molecule has 2 heterocycles. The first-order valence-corrected chi connectivity index (χ1v) is 10.8. The predicted octanol–water partition coefficient (Wildman–Crippen LogP) is 4.45. The summed E-state index contributed by atoms with van der Waals surface area (Å²) >= 11 is 0.840. The molecule has 0 radical (unpaired) electrons. The number of methoxy groups -OCH3 is 1. The van der Waals surface area contributed by atoms with Gasteiger partial charge in [0.1, 0.15) is 22.3 Å². The average molecular weight is 484 g/mol. The van der Waals surface area contributed by atoms with Crippen LogP contribution in [0.3, 0.4) is 0 Å². The summed E-state index contributed by atoms with van der Waals surface area (Å²) in [6, 6.07) is 7.74. The molecule has 1 aliphatic heterocycles. The smallest absolute Gasteiger partial charge is 0.350 e. The van der Waals surface area contributed by atoms with Crippen molar-refractivity contribution in [3.8, 4) is 0 Å². The lowest BCUT2D eigenvalue weighted by molar-refractivity contribution is -0.132. The van der Waals surface area contributed by atoms with Gasteiger partial charge in [-0.05, 0) is 43.2 Å². The highest BCUT2D eigenvalue weighted by atomic mass is 32.1. The molecule has 0 saturated carbocycles. The number of nitrogens with zero attached hydrogens (tertiary/aromatic N) is 2. The van der Waals surface area contributed by atoms with Gasteiger partial charge in [-0.25, -0.2) is 18.6 Å². The van der Waals surface area contributed by atoms with E-state index >= 15 is 0 Å². The van der Waals surface area contributed by atoms with Crippen molar-refractivity contribution in [1.29, 1.82) is 0 Å². The lowest BCUT2D eigenvalue weighted by Gasteiger charge is -2.23. The standard InChI is InChI=1S/C24H18F2N2O5S/c1-11-4-5-14(10-16(11)26)19(29)17-18(13-6-8-15(25)9-7-13)28(22(31)20(17)30)24-27-12(2)21(34-24)23(32)33-3/h4-10,18,29H,1-3H3/b19-17+. The molecule has 1 fully saturated rings. The zero-order valence-corrected chi connectivity index (χ0v) is 19.1. The molecule has 1 aromatic heterocycles. The third kappa shape index (κ3) is 3.86. The molecule has 0 aliphatic carbocycles. The van der Waals surface area contributed by atoms with Crippen LogP contribution in [0.1, 0.15) is 38.1 Å². The number of aromatic nitrogens is 1. The van der Waals surface area contributed by atoms with E-state index in [2.05, 4.69) is 4.98 Å². The van der Waals surface area contributed by atoms with Crippen LogP contribution in [0.5, 0.6) is 0 Å². The number of hydrogen-bond acceptors (Lipinski definition) is 7. The molecule has 3 aromatic rings. The number of aliphatic hydroxyl groups excluding tert-OH is 1. The Balaban J connectivity index is 1.94. The Bertz CT molecular complexity index is 1360. The van der Waals surface area contributed by atoms with Crippen molar-refractivity contribution in [2.24, 2.45) is 0 Å². The number of esters is 1. The van der Waals surface area contributed by atoms with Crippen molar-refractivity contribution in [3.63, 3.8) is 0 Å². The van der Waals surface area contributed by atoms with Gasteiger partial charge in [0.25, 0.3) is 5.78 Å². The second-order valence-electron chi connectivity index (χ2n) is 7.59. The molecular weight excluding hydrogens is 466 g/mol. The number of aliphatic hydroxyl groups is 1. The summed E-state index contributed by atoms with van der Waals surface area (Å²) in [5, 5.41) is 11.0. The van der Waals surface area contributed by atoms with E-state index in [1.165, 1.54) is 31.4 Å². The SMILES string of the molecule is COC(=O)c1sc(N2C(=O)C(=O)/C(=C(/O)c3ccc(C)c(F)c3)C2c2ccc(F)cc2)nc1C. The van der Waals surface area contributed by atoms with Gasteiger partial charge in [-0.1, -0.05) is 35.6 Å². The number of rotatable bonds is 4. The number of halogens is 2. The zero-order chi connectivity index (χ0) is 24.7. The van der Waals surface area contributed by atoms with E-state index in [1.807, 2.05) is 0 Å². The summed E-state index contributed by atoms with van der Waals surface area (Å²) in [6.07, 6.45) is 0. The molecule has 4 rings (SSSR count). The van der Waals surface area contributed by atoms with Gasteiger partial charge in [-0.2, -0.15) is 0 Å². The molecule has 1 N–H and O–H groups in total. The van der Waals surface area contributed by atoms with Crippen molar-refractivity contribution < 1.29 is 33.0 Å². The van der Waals surface area contributed by atoms with Gasteiger partial charge in [0.2, 0.25) is 0 Å². The molecule has 0 spiro atoms. The van der Waals surface area contributed by atoms with Gasteiger partial charge in [-0.3, -0.25) is 14.5 Å². The molecule has 34 heavy (non-hydrogen) atoms. The lowest BCUT2D eigenvalue weighted by atomic mass is 9.95. The minimum atomic E-state index is -1.19. The molecule has 2 aromatic carbocycles. The Labute approximate surface area is 196 Å². The summed E-state index contributed by atoms with van der Waals surface area (Å²) in [5.74, 6) is -4.43. The molecule has 10 heteroatoms. The molecule has 1 aliphatic rings. The Kier molecular flexibility index (Phi) is 6.01. The molecule has 1 amide bonds. The fourth-order valence-electron chi connectivity index (χ4n) is 3.65. The van der Waals surface area contributed by atoms with Crippen LogP contribution in [0.2, 0.25) is 0 Å². The van der Waals surface area contributed by atoms with Gasteiger partial charge in [-0.15, -0.1) is 0 Å². The highest BCUT2D eigenvalue weighted by molar-refractivity contribution is 7.17. The van der Waals surface area contributed by atoms with Gasteiger partial charge < -0.3 is 9.84 Å². The second kappa shape index (κ2) is 8.79. The Morgan fingerprint density at radius 1 is 1.12 bits per heavy atom. The quantitative estimate of drug-likeness (QED) is 0.254. The van der Waals surface area contributed by atoms with Crippen molar-refractivity contribution in [3.05, 3.63) is 86.9 Å². The van der Waals surface area contributed by atoms with Gasteiger partial charge in [0.05, 0.1) is 24.4 Å². The number of thiazole rings is 1. The van der Waals surface area contributed by atoms with E-state index in [4.69, 9.17) is 4.74 Å². The van der Waals surface area contributed by atoms with Gasteiger partial charge >= 0.3 is 11.9 Å². The number of ether oxygens (including phenoxy) is 1. The first-order valence-electron chi connectivity index (χ1n) is 10.0. The number of hydrogen-bond donors (Lipinski definition) is 1. The van der Waals surface area contributed by atoms with Crippen LogP contribution in [-0.4, -0.2) is 34.9 Å². The maximum absolute atomic E-state index is 14.2. The maximum atomic E-state index is 14.2. The number of Topliss-reactive ketones (excluding diaryl/α,β-unsaturated/α-hetero) is 1. The Hall–Kier alpha value is -3.92. The summed E-state index contributed by atoms with van der Waals surface area (Å²) < 4.78 is 32.5. The Morgan fingerprint density at radius 3 is 2.41 bits per heavy atom. The molecule has 0 bridgehead atoms. The van der Waals surface area contributed by atoms with Crippen molar-refractivity contribution in [2.45, 2.75) is 19.9 Å². The first kappa shape index (κ1) is 23.2. The van der Waals surface area contributed by atoms with Crippen LogP contribution >= 0.6 is 11.3 Å². The van der Waals surface area contributed by atoms with E-state index in [-0.39, 0.29) is 26.8 Å². The summed E-state index contributed by atoms with van der Waals surface area (Å²) in [6.45, 7) is 3.09. The third-order valence-corrected chi connectivity index (χ3v) is 6.57. The van der Waals surface area contributed by atoms with Crippen molar-refractivity contribution in [1.82, 2.24) is 4.98 Å². The number of carbonyl (C=O) groups excluding carboxylic acids is 3. The predicted molar refractivity (Wildman–Crippen MR) is 121 cm³/mol. The van der Waals surface area contributed by atoms with Gasteiger partial charge in [0.15, 0.2) is 5.13 Å². The monoisotopic (exact) mass is 484 g/mol. The number of carbonyl (C=O) groups is 3. The number of aryl methyl sites for hydroxylation is 2. The Morgan fingerprint density at radius 2 is 1.79 bits per heavy atom. The second-order valence-corrected chi connectivity index (χ2v) is 8.56. The van der Waals surface area contributed by atoms with Crippen LogP contribution in [-0.2, 0) is 14.3 Å². The summed E-state index contributed by atoms with van der Waals surface area (Å²) in [4.78, 5) is 43.7. The first-order chi connectivity index (χ1) is 16.1. The summed E-state index contributed by atoms with van der Waals surface area (Å²) in [7, 11) is 1.20. The molecular formula is C24H18F2N2O5S. The van der Waals surface area contributed by atoms with Crippen LogP contribution in [0.15, 0.2) is 48.0 Å². The molecule has 174 valence electrons. The van der Waals surface area contributed by atoms with E-state index in [1.54, 1.807) is 13.8 Å². The van der Waals surface area contributed by atoms with E-state index in [0.717, 1.165) is 34.4 Å². The number of ketones is 1. The molecule has 1 saturated heterocycles. The average Bonchev–Trinajstić information content (AvgIpc) is 3.32. The third-order valence-electron chi connectivity index (χ3n) is 5.44. The highest BCUT2D eigenvalue weighted by Gasteiger charge is 2.48. The van der Waals surface area contributed by atoms with Crippen molar-refractivity contribution >= 4 is 39.9 Å². The number of anilines is 1. The van der Waals surface area contributed by atoms with E-state index in [0.29, 0.717) is 11.1 Å². The minimum Gasteiger partial charge on any atom is -0.507 e. The van der Waals surface area contributed by atoms with Crippen LogP contribution in [0.4, 0.5) is 13.9 Å². The van der Waals surface area contributed by atoms with Gasteiger partial charge in [0, 0.05) is 5.56 Å². The molecule has 1 unspecified atom stereocenters.